The van der Waals surface area contributed by atoms with Crippen LogP contribution < -0.4 is 5.32 Å². The van der Waals surface area contributed by atoms with Gasteiger partial charge in [0.15, 0.2) is 5.69 Å². The van der Waals surface area contributed by atoms with Crippen molar-refractivity contribution in [3.8, 4) is 0 Å². The molecule has 0 unspecified atom stereocenters. The first-order valence-corrected chi connectivity index (χ1v) is 9.85. The van der Waals surface area contributed by atoms with E-state index >= 15 is 0 Å². The lowest BCUT2D eigenvalue weighted by Gasteiger charge is -2.31. The number of carbonyl (C=O) groups excluding carboxylic acids is 2. The number of carbonyl (C=O) groups is 2. The minimum absolute atomic E-state index is 0.0632. The Bertz CT molecular complexity index is 795. The van der Waals surface area contributed by atoms with Crippen LogP contribution in [0.15, 0.2) is 6.20 Å². The number of thiazole rings is 1. The predicted molar refractivity (Wildman–Crippen MR) is 101 cm³/mol. The number of piperidine rings is 1. The molecule has 2 aromatic heterocycles. The maximum Gasteiger partial charge on any atom is 0.275 e. The molecular weight excluding hydrogens is 374 g/mol. The zero-order valence-corrected chi connectivity index (χ0v) is 16.4. The molecule has 3 heterocycles. The van der Waals surface area contributed by atoms with Crippen LogP contribution in [-0.2, 0) is 0 Å². The van der Waals surface area contributed by atoms with Crippen LogP contribution in [0, 0.1) is 19.8 Å². The van der Waals surface area contributed by atoms with Gasteiger partial charge in [-0.1, -0.05) is 11.6 Å². The van der Waals surface area contributed by atoms with Crippen LogP contribution in [0.4, 0.5) is 0 Å². The summed E-state index contributed by atoms with van der Waals surface area (Å²) in [5.41, 5.74) is 1.01. The molecule has 2 amide bonds. The van der Waals surface area contributed by atoms with Gasteiger partial charge in [0.05, 0.1) is 21.9 Å². The first kappa shape index (κ1) is 18.8. The standard InChI is InChI=1S/C17H22ClN5O2S/c1-10-14(18)15(22-21-10)17(25)23-7-4-12(5-8-23)3-6-19-16(24)13-9-20-11(2)26-13/h9,12H,3-8H2,1-2H3,(H,19,24)(H,21,22). The molecule has 2 aromatic rings. The van der Waals surface area contributed by atoms with Crippen molar-refractivity contribution in [3.63, 3.8) is 0 Å². The Hall–Kier alpha value is -1.93. The molecule has 9 heteroatoms. The summed E-state index contributed by atoms with van der Waals surface area (Å²) in [6.45, 7) is 5.69. The van der Waals surface area contributed by atoms with Crippen LogP contribution >= 0.6 is 22.9 Å². The predicted octanol–water partition coefficient (Wildman–Crippen LogP) is 2.81. The molecule has 3 rings (SSSR count). The lowest BCUT2D eigenvalue weighted by molar-refractivity contribution is 0.0681. The van der Waals surface area contributed by atoms with E-state index in [-0.39, 0.29) is 11.8 Å². The molecule has 0 atom stereocenters. The highest BCUT2D eigenvalue weighted by molar-refractivity contribution is 7.13. The van der Waals surface area contributed by atoms with Crippen molar-refractivity contribution in [2.24, 2.45) is 5.92 Å². The van der Waals surface area contributed by atoms with E-state index in [0.29, 0.717) is 46.8 Å². The molecule has 2 N–H and O–H groups in total. The Morgan fingerprint density at radius 2 is 2.12 bits per heavy atom. The molecule has 1 saturated heterocycles. The third kappa shape index (κ3) is 4.24. The molecule has 1 fully saturated rings. The summed E-state index contributed by atoms with van der Waals surface area (Å²) < 4.78 is 0. The number of nitrogens with zero attached hydrogens (tertiary/aromatic N) is 3. The summed E-state index contributed by atoms with van der Waals surface area (Å²) >= 11 is 7.52. The Morgan fingerprint density at radius 3 is 2.69 bits per heavy atom. The van der Waals surface area contributed by atoms with Gasteiger partial charge in [0, 0.05) is 19.6 Å². The number of hydrogen-bond donors (Lipinski definition) is 2. The number of aromatic nitrogens is 3. The molecule has 140 valence electrons. The number of nitrogens with one attached hydrogen (secondary N) is 2. The van der Waals surface area contributed by atoms with Gasteiger partial charge in [-0.3, -0.25) is 14.7 Å². The van der Waals surface area contributed by atoms with E-state index in [1.807, 2.05) is 6.92 Å². The van der Waals surface area contributed by atoms with Crippen molar-refractivity contribution in [2.45, 2.75) is 33.1 Å². The molecule has 0 bridgehead atoms. The Balaban J connectivity index is 1.42. The van der Waals surface area contributed by atoms with E-state index in [2.05, 4.69) is 20.5 Å². The van der Waals surface area contributed by atoms with Crippen molar-refractivity contribution < 1.29 is 9.59 Å². The molecule has 1 aliphatic rings. The van der Waals surface area contributed by atoms with Crippen LogP contribution in [0.25, 0.3) is 0 Å². The van der Waals surface area contributed by atoms with Gasteiger partial charge in [-0.15, -0.1) is 11.3 Å². The van der Waals surface area contributed by atoms with Gasteiger partial charge in [-0.05, 0) is 39.0 Å². The highest BCUT2D eigenvalue weighted by atomic mass is 35.5. The number of hydrogen-bond acceptors (Lipinski definition) is 5. The summed E-state index contributed by atoms with van der Waals surface area (Å²) in [7, 11) is 0. The van der Waals surface area contributed by atoms with E-state index in [4.69, 9.17) is 11.6 Å². The van der Waals surface area contributed by atoms with Gasteiger partial charge in [0.2, 0.25) is 0 Å². The van der Waals surface area contributed by atoms with Crippen molar-refractivity contribution in [3.05, 3.63) is 32.5 Å². The number of H-pyrrole nitrogens is 1. The lowest BCUT2D eigenvalue weighted by Crippen LogP contribution is -2.39. The third-order valence-electron chi connectivity index (χ3n) is 4.66. The van der Waals surface area contributed by atoms with E-state index in [1.165, 1.54) is 11.3 Å². The van der Waals surface area contributed by atoms with Gasteiger partial charge < -0.3 is 10.2 Å². The second-order valence-electron chi connectivity index (χ2n) is 6.53. The smallest absolute Gasteiger partial charge is 0.275 e. The molecular formula is C17H22ClN5O2S. The van der Waals surface area contributed by atoms with Gasteiger partial charge >= 0.3 is 0 Å². The van der Waals surface area contributed by atoms with Crippen LogP contribution in [0.2, 0.25) is 5.02 Å². The fraction of sp³-hybridized carbons (Fsp3) is 0.529. The Labute approximate surface area is 161 Å². The second-order valence-corrected chi connectivity index (χ2v) is 8.15. The largest absolute Gasteiger partial charge is 0.351 e. The molecule has 26 heavy (non-hydrogen) atoms. The normalized spacial score (nSPS) is 15.3. The molecule has 0 aliphatic carbocycles. The highest BCUT2D eigenvalue weighted by Gasteiger charge is 2.27. The van der Waals surface area contributed by atoms with Gasteiger partial charge in [0.25, 0.3) is 11.8 Å². The number of aromatic amines is 1. The second kappa shape index (κ2) is 8.18. The van der Waals surface area contributed by atoms with Crippen molar-refractivity contribution in [1.82, 2.24) is 25.4 Å². The average Bonchev–Trinajstić information content (AvgIpc) is 3.21. The zero-order valence-electron chi connectivity index (χ0n) is 14.8. The molecule has 0 spiro atoms. The van der Waals surface area contributed by atoms with Crippen molar-refractivity contribution >= 4 is 34.8 Å². The third-order valence-corrected chi connectivity index (χ3v) is 6.03. The van der Waals surface area contributed by atoms with Crippen LogP contribution in [-0.4, -0.2) is 51.5 Å². The summed E-state index contributed by atoms with van der Waals surface area (Å²) in [6, 6.07) is 0. The lowest BCUT2D eigenvalue weighted by atomic mass is 9.93. The van der Waals surface area contributed by atoms with E-state index in [9.17, 15) is 9.59 Å². The minimum Gasteiger partial charge on any atom is -0.351 e. The summed E-state index contributed by atoms with van der Waals surface area (Å²) in [4.78, 5) is 31.1. The molecule has 0 aromatic carbocycles. The average molecular weight is 396 g/mol. The molecule has 1 aliphatic heterocycles. The quantitative estimate of drug-likeness (QED) is 0.814. The minimum atomic E-state index is -0.119. The number of amides is 2. The van der Waals surface area contributed by atoms with Crippen molar-refractivity contribution in [1.29, 1.82) is 0 Å². The fourth-order valence-corrected chi connectivity index (χ4v) is 3.93. The van der Waals surface area contributed by atoms with Gasteiger partial charge in [-0.25, -0.2) is 4.98 Å². The number of aryl methyl sites for hydroxylation is 2. The highest BCUT2D eigenvalue weighted by Crippen LogP contribution is 2.24. The topological polar surface area (TPSA) is 91.0 Å². The SMILES string of the molecule is Cc1ncc(C(=O)NCCC2CCN(C(=O)c3n[nH]c(C)c3Cl)CC2)s1. The van der Waals surface area contributed by atoms with Crippen LogP contribution in [0.3, 0.4) is 0 Å². The zero-order chi connectivity index (χ0) is 18.7. The Kier molecular flexibility index (Phi) is 5.93. The van der Waals surface area contributed by atoms with Crippen molar-refractivity contribution in [2.75, 3.05) is 19.6 Å². The first-order valence-electron chi connectivity index (χ1n) is 8.66. The number of halogens is 1. The van der Waals surface area contributed by atoms with Crippen LogP contribution in [0.1, 0.15) is 50.1 Å². The summed E-state index contributed by atoms with van der Waals surface area (Å²) in [6.07, 6.45) is 4.36. The summed E-state index contributed by atoms with van der Waals surface area (Å²) in [5, 5.41) is 11.0. The van der Waals surface area contributed by atoms with Gasteiger partial charge in [-0.2, -0.15) is 5.10 Å². The van der Waals surface area contributed by atoms with Crippen LogP contribution in [0.5, 0.6) is 0 Å². The van der Waals surface area contributed by atoms with E-state index in [1.54, 1.807) is 18.0 Å². The number of likely N-dealkylation sites (tertiary alicyclic amines) is 1. The molecule has 0 saturated carbocycles. The monoisotopic (exact) mass is 395 g/mol. The molecule has 0 radical (unpaired) electrons. The Morgan fingerprint density at radius 1 is 1.38 bits per heavy atom. The molecule has 7 nitrogen and oxygen atoms in total. The van der Waals surface area contributed by atoms with E-state index in [0.717, 1.165) is 24.3 Å². The van der Waals surface area contributed by atoms with Gasteiger partial charge in [0.1, 0.15) is 4.88 Å². The van der Waals surface area contributed by atoms with E-state index < -0.39 is 0 Å². The maximum atomic E-state index is 12.5. The summed E-state index contributed by atoms with van der Waals surface area (Å²) in [5.74, 6) is 0.317. The number of rotatable bonds is 5. The first-order chi connectivity index (χ1) is 12.5. The maximum absolute atomic E-state index is 12.5. The fourth-order valence-electron chi connectivity index (χ4n) is 3.07.